The number of hydrogen-bond acceptors (Lipinski definition) is 4. The molecule has 0 aromatic heterocycles. The number of nitrogens with two attached hydrogens (primary N) is 2. The van der Waals surface area contributed by atoms with Crippen molar-refractivity contribution in [2.45, 2.75) is 12.3 Å². The lowest BCUT2D eigenvalue weighted by Gasteiger charge is -2.18. The van der Waals surface area contributed by atoms with E-state index < -0.39 is 5.92 Å². The molecule has 3 aromatic carbocycles. The number of carbonyl (C=O) groups excluding carboxylic acids is 2. The van der Waals surface area contributed by atoms with Crippen molar-refractivity contribution in [3.05, 3.63) is 92.4 Å². The molecule has 1 unspecified atom stereocenters. The molecule has 0 saturated heterocycles. The molecule has 0 aliphatic carbocycles. The Kier molecular flexibility index (Phi) is 6.31. The van der Waals surface area contributed by atoms with E-state index in [0.29, 0.717) is 22.5 Å². The molecule has 0 amide bonds. The minimum absolute atomic E-state index is 0.00415. The van der Waals surface area contributed by atoms with Gasteiger partial charge in [0.05, 0.1) is 5.92 Å². The van der Waals surface area contributed by atoms with Gasteiger partial charge in [-0.15, -0.1) is 0 Å². The second-order valence-electron chi connectivity index (χ2n) is 6.41. The lowest BCUT2D eigenvalue weighted by Crippen LogP contribution is -2.19. The first-order valence-corrected chi connectivity index (χ1v) is 10.2. The topological polar surface area (TPSA) is 86.2 Å². The maximum absolute atomic E-state index is 13.3. The van der Waals surface area contributed by atoms with Crippen LogP contribution in [0.3, 0.4) is 0 Å². The van der Waals surface area contributed by atoms with E-state index in [9.17, 15) is 9.59 Å². The zero-order chi connectivity index (χ0) is 20.3. The van der Waals surface area contributed by atoms with Crippen LogP contribution >= 0.6 is 31.9 Å². The molecule has 0 heterocycles. The molecule has 4 N–H and O–H groups in total. The van der Waals surface area contributed by atoms with Gasteiger partial charge in [-0.3, -0.25) is 9.59 Å². The maximum atomic E-state index is 13.3. The SMILES string of the molecule is Nc1ccccc1C(=O)CC(C(=O)c1ccc(Br)cc1N)c1ccc(Br)cc1. The number of ketones is 2. The number of para-hydroxylation sites is 1. The van der Waals surface area contributed by atoms with E-state index in [2.05, 4.69) is 31.9 Å². The number of rotatable bonds is 6. The van der Waals surface area contributed by atoms with Crippen molar-refractivity contribution in [1.29, 1.82) is 0 Å². The molecule has 0 aliphatic rings. The summed E-state index contributed by atoms with van der Waals surface area (Å²) in [7, 11) is 0. The van der Waals surface area contributed by atoms with Gasteiger partial charge in [0.25, 0.3) is 0 Å². The normalized spacial score (nSPS) is 11.8. The Balaban J connectivity index is 2.00. The zero-order valence-electron chi connectivity index (χ0n) is 14.9. The van der Waals surface area contributed by atoms with Gasteiger partial charge in [0.2, 0.25) is 0 Å². The molecule has 0 radical (unpaired) electrons. The standard InChI is InChI=1S/C22H18Br2N2O2/c23-14-7-5-13(6-8-14)18(12-21(27)16-3-1-2-4-19(16)25)22(28)17-10-9-15(24)11-20(17)26/h1-11,18H,12,25-26H2. The van der Waals surface area contributed by atoms with Gasteiger partial charge in [-0.2, -0.15) is 0 Å². The van der Waals surface area contributed by atoms with Crippen molar-refractivity contribution in [2.75, 3.05) is 11.5 Å². The van der Waals surface area contributed by atoms with Crippen LogP contribution in [0.15, 0.2) is 75.7 Å². The first-order chi connectivity index (χ1) is 13.4. The predicted molar refractivity (Wildman–Crippen MR) is 120 cm³/mol. The Morgan fingerprint density at radius 3 is 2.07 bits per heavy atom. The average molecular weight is 502 g/mol. The summed E-state index contributed by atoms with van der Waals surface area (Å²) in [6.07, 6.45) is 0.00415. The summed E-state index contributed by atoms with van der Waals surface area (Å²) in [5.41, 5.74) is 14.3. The van der Waals surface area contributed by atoms with Gasteiger partial charge in [0.15, 0.2) is 11.6 Å². The molecule has 0 aliphatic heterocycles. The van der Waals surface area contributed by atoms with Crippen LogP contribution in [0.4, 0.5) is 11.4 Å². The van der Waals surface area contributed by atoms with Gasteiger partial charge in [-0.1, -0.05) is 56.1 Å². The highest BCUT2D eigenvalue weighted by Crippen LogP contribution is 2.31. The van der Waals surface area contributed by atoms with E-state index in [1.54, 1.807) is 42.5 Å². The van der Waals surface area contributed by atoms with Crippen LogP contribution in [0.1, 0.15) is 38.6 Å². The molecule has 0 fully saturated rings. The van der Waals surface area contributed by atoms with Crippen LogP contribution in [0, 0.1) is 0 Å². The van der Waals surface area contributed by atoms with E-state index in [1.807, 2.05) is 24.3 Å². The number of benzene rings is 3. The van der Waals surface area contributed by atoms with E-state index in [-0.39, 0.29) is 18.0 Å². The number of halogens is 2. The molecule has 0 bridgehead atoms. The van der Waals surface area contributed by atoms with Gasteiger partial charge < -0.3 is 11.5 Å². The van der Waals surface area contributed by atoms with Crippen molar-refractivity contribution in [3.8, 4) is 0 Å². The van der Waals surface area contributed by atoms with Crippen LogP contribution in [0.5, 0.6) is 0 Å². The van der Waals surface area contributed by atoms with Gasteiger partial charge in [0.1, 0.15) is 0 Å². The Bertz CT molecular complexity index is 1030. The lowest BCUT2D eigenvalue weighted by atomic mass is 9.85. The quantitative estimate of drug-likeness (QED) is 0.339. The maximum Gasteiger partial charge on any atom is 0.172 e. The molecule has 0 saturated carbocycles. The molecule has 1 atom stereocenters. The van der Waals surface area contributed by atoms with Crippen LogP contribution in [0.2, 0.25) is 0 Å². The number of hydrogen-bond donors (Lipinski definition) is 2. The summed E-state index contributed by atoms with van der Waals surface area (Å²) in [6, 6.07) is 19.4. The molecule has 28 heavy (non-hydrogen) atoms. The fourth-order valence-electron chi connectivity index (χ4n) is 3.05. The Labute approximate surface area is 180 Å². The fraction of sp³-hybridized carbons (Fsp3) is 0.0909. The third-order valence-corrected chi connectivity index (χ3v) is 5.54. The summed E-state index contributed by atoms with van der Waals surface area (Å²) < 4.78 is 1.68. The summed E-state index contributed by atoms with van der Waals surface area (Å²) in [6.45, 7) is 0. The third kappa shape index (κ3) is 4.51. The summed E-state index contributed by atoms with van der Waals surface area (Å²) in [4.78, 5) is 26.2. The van der Waals surface area contributed by atoms with E-state index in [4.69, 9.17) is 11.5 Å². The minimum Gasteiger partial charge on any atom is -0.398 e. The summed E-state index contributed by atoms with van der Waals surface area (Å²) >= 11 is 6.75. The highest BCUT2D eigenvalue weighted by Gasteiger charge is 2.27. The van der Waals surface area contributed by atoms with E-state index >= 15 is 0 Å². The first kappa shape index (κ1) is 20.3. The number of Topliss-reactive ketones (excluding diaryl/α,β-unsaturated/α-hetero) is 2. The Hall–Kier alpha value is -2.44. The molecular formula is C22H18Br2N2O2. The van der Waals surface area contributed by atoms with E-state index in [1.165, 1.54) is 0 Å². The number of anilines is 2. The fourth-order valence-corrected chi connectivity index (χ4v) is 3.69. The average Bonchev–Trinajstić information content (AvgIpc) is 2.66. The predicted octanol–water partition coefficient (Wildman–Crippen LogP) is 5.62. The summed E-state index contributed by atoms with van der Waals surface area (Å²) in [5.74, 6) is -1.05. The monoisotopic (exact) mass is 500 g/mol. The molecular weight excluding hydrogens is 484 g/mol. The van der Waals surface area contributed by atoms with Crippen LogP contribution < -0.4 is 11.5 Å². The van der Waals surface area contributed by atoms with Crippen molar-refractivity contribution in [2.24, 2.45) is 0 Å². The van der Waals surface area contributed by atoms with Gasteiger partial charge in [0, 0.05) is 37.9 Å². The highest BCUT2D eigenvalue weighted by molar-refractivity contribution is 9.10. The molecule has 3 rings (SSSR count). The van der Waals surface area contributed by atoms with Crippen molar-refractivity contribution in [1.82, 2.24) is 0 Å². The van der Waals surface area contributed by atoms with Crippen LogP contribution in [-0.4, -0.2) is 11.6 Å². The highest BCUT2D eigenvalue weighted by atomic mass is 79.9. The largest absolute Gasteiger partial charge is 0.398 e. The zero-order valence-corrected chi connectivity index (χ0v) is 18.0. The van der Waals surface area contributed by atoms with Crippen LogP contribution in [0.25, 0.3) is 0 Å². The van der Waals surface area contributed by atoms with Gasteiger partial charge in [-0.25, -0.2) is 0 Å². The second-order valence-corrected chi connectivity index (χ2v) is 8.25. The minimum atomic E-state index is -0.663. The van der Waals surface area contributed by atoms with Gasteiger partial charge >= 0.3 is 0 Å². The third-order valence-electron chi connectivity index (χ3n) is 4.52. The van der Waals surface area contributed by atoms with Crippen molar-refractivity contribution < 1.29 is 9.59 Å². The van der Waals surface area contributed by atoms with Crippen molar-refractivity contribution >= 4 is 54.8 Å². The van der Waals surface area contributed by atoms with E-state index in [0.717, 1.165) is 14.5 Å². The Morgan fingerprint density at radius 1 is 0.786 bits per heavy atom. The van der Waals surface area contributed by atoms with Crippen LogP contribution in [-0.2, 0) is 0 Å². The molecule has 0 spiro atoms. The number of carbonyl (C=O) groups is 2. The van der Waals surface area contributed by atoms with Gasteiger partial charge in [-0.05, 0) is 48.0 Å². The van der Waals surface area contributed by atoms with Crippen molar-refractivity contribution in [3.63, 3.8) is 0 Å². The molecule has 3 aromatic rings. The number of nitrogen functional groups attached to an aromatic ring is 2. The first-order valence-electron chi connectivity index (χ1n) is 8.59. The Morgan fingerprint density at radius 2 is 1.43 bits per heavy atom. The lowest BCUT2D eigenvalue weighted by molar-refractivity contribution is 0.0894. The molecule has 142 valence electrons. The second kappa shape index (κ2) is 8.71. The molecule has 4 nitrogen and oxygen atoms in total. The smallest absolute Gasteiger partial charge is 0.172 e. The summed E-state index contributed by atoms with van der Waals surface area (Å²) in [5, 5.41) is 0. The molecule has 6 heteroatoms.